The van der Waals surface area contributed by atoms with E-state index < -0.39 is 0 Å². The number of nitrogens with one attached hydrogen (secondary N) is 1. The van der Waals surface area contributed by atoms with E-state index in [2.05, 4.69) is 16.8 Å². The van der Waals surface area contributed by atoms with E-state index in [1.165, 1.54) is 12.8 Å². The summed E-state index contributed by atoms with van der Waals surface area (Å²) in [6, 6.07) is 7.20. The highest BCUT2D eigenvalue weighted by Crippen LogP contribution is 2.30. The second-order valence-corrected chi connectivity index (χ2v) is 5.65. The fourth-order valence-electron chi connectivity index (χ4n) is 2.43. The van der Waals surface area contributed by atoms with Crippen LogP contribution in [-0.4, -0.2) is 42.7 Å². The van der Waals surface area contributed by atoms with Crippen molar-refractivity contribution in [2.75, 3.05) is 38.6 Å². The molecule has 0 unspecified atom stereocenters. The third kappa shape index (κ3) is 4.46. The molecule has 3 heterocycles. The molecule has 8 heteroatoms. The summed E-state index contributed by atoms with van der Waals surface area (Å²) in [5.41, 5.74) is 6.34. The molecule has 0 saturated carbocycles. The van der Waals surface area contributed by atoms with Gasteiger partial charge in [-0.2, -0.15) is 10.5 Å². The number of furan rings is 1. The van der Waals surface area contributed by atoms with Gasteiger partial charge in [0.25, 0.3) is 0 Å². The van der Waals surface area contributed by atoms with Gasteiger partial charge in [-0.25, -0.2) is 0 Å². The van der Waals surface area contributed by atoms with Crippen molar-refractivity contribution in [2.45, 2.75) is 6.92 Å². The molecule has 130 valence electrons. The molecule has 2 aromatic rings. The molecule has 1 aliphatic heterocycles. The van der Waals surface area contributed by atoms with Crippen LogP contribution in [0.3, 0.4) is 0 Å². The third-order valence-electron chi connectivity index (χ3n) is 3.79. The number of nitrogen functional groups attached to an aromatic ring is 1. The van der Waals surface area contributed by atoms with Crippen molar-refractivity contribution >= 4 is 18.0 Å². The van der Waals surface area contributed by atoms with Crippen molar-refractivity contribution in [3.8, 4) is 23.5 Å². The van der Waals surface area contributed by atoms with Crippen molar-refractivity contribution < 1.29 is 9.15 Å². The van der Waals surface area contributed by atoms with Gasteiger partial charge in [0.2, 0.25) is 0 Å². The molecule has 25 heavy (non-hydrogen) atoms. The number of morpholine rings is 1. The molecule has 0 atom stereocenters. The summed E-state index contributed by atoms with van der Waals surface area (Å²) in [4.78, 5) is 5.01. The van der Waals surface area contributed by atoms with E-state index in [1.807, 2.05) is 12.1 Å². The van der Waals surface area contributed by atoms with Crippen LogP contribution in [0.2, 0.25) is 0 Å². The topological polar surface area (TPSA) is 115 Å². The Balaban J connectivity index is 0.000000236. The smallest absolute Gasteiger partial charge is 0.136 e. The van der Waals surface area contributed by atoms with Gasteiger partial charge in [-0.3, -0.25) is 4.90 Å². The van der Waals surface area contributed by atoms with Gasteiger partial charge in [0.1, 0.15) is 33.9 Å². The van der Waals surface area contributed by atoms with Crippen LogP contribution >= 0.6 is 12.2 Å². The largest absolute Gasteiger partial charge is 0.464 e. The summed E-state index contributed by atoms with van der Waals surface area (Å²) in [5.74, 6) is 0.521. The van der Waals surface area contributed by atoms with Gasteiger partial charge in [0, 0.05) is 13.1 Å². The Bertz CT molecular complexity index is 840. The minimum absolute atomic E-state index is 0.128. The molecule has 1 aliphatic rings. The number of hydrogen-bond donors (Lipinski definition) is 2. The molecule has 0 radical (unpaired) electrons. The van der Waals surface area contributed by atoms with Crippen LogP contribution in [0.1, 0.15) is 18.1 Å². The maximum absolute atomic E-state index is 9.08. The van der Waals surface area contributed by atoms with E-state index in [1.54, 1.807) is 12.1 Å². The molecule has 0 aliphatic carbocycles. The molecule has 3 rings (SSSR count). The lowest BCUT2D eigenvalue weighted by molar-refractivity contribution is 0.0405. The average Bonchev–Trinajstić information content (AvgIpc) is 3.16. The van der Waals surface area contributed by atoms with Crippen molar-refractivity contribution in [3.05, 3.63) is 34.2 Å². The zero-order chi connectivity index (χ0) is 18.2. The highest BCUT2D eigenvalue weighted by atomic mass is 32.1. The molecule has 0 aromatic carbocycles. The molecular formula is C17H19N5O2S. The average molecular weight is 357 g/mol. The molecule has 0 spiro atoms. The number of H-pyrrole nitrogens is 1. The van der Waals surface area contributed by atoms with Gasteiger partial charge >= 0.3 is 0 Å². The number of nitrogens with two attached hydrogens (primary N) is 1. The van der Waals surface area contributed by atoms with Crippen molar-refractivity contribution in [2.24, 2.45) is 0 Å². The molecular weight excluding hydrogens is 338 g/mol. The maximum Gasteiger partial charge on any atom is 0.136 e. The van der Waals surface area contributed by atoms with Crippen LogP contribution in [-0.2, 0) is 4.74 Å². The molecule has 0 amide bonds. The highest BCUT2D eigenvalue weighted by molar-refractivity contribution is 7.71. The van der Waals surface area contributed by atoms with E-state index in [-0.39, 0.29) is 21.6 Å². The number of aromatic amines is 1. The molecule has 7 nitrogen and oxygen atoms in total. The summed E-state index contributed by atoms with van der Waals surface area (Å²) in [5, 5.41) is 18.2. The van der Waals surface area contributed by atoms with E-state index in [0.29, 0.717) is 11.3 Å². The van der Waals surface area contributed by atoms with E-state index in [9.17, 15) is 0 Å². The van der Waals surface area contributed by atoms with Crippen molar-refractivity contribution in [1.82, 2.24) is 9.88 Å². The first-order valence-corrected chi connectivity index (χ1v) is 8.23. The zero-order valence-corrected chi connectivity index (χ0v) is 14.7. The quantitative estimate of drug-likeness (QED) is 0.794. The number of nitrogens with zero attached hydrogens (tertiary/aromatic N) is 3. The summed E-state index contributed by atoms with van der Waals surface area (Å²) >= 11 is 5.00. The fourth-order valence-corrected chi connectivity index (χ4v) is 2.69. The Morgan fingerprint density at radius 1 is 1.28 bits per heavy atom. The molecule has 1 saturated heterocycles. The highest BCUT2D eigenvalue weighted by Gasteiger charge is 2.18. The fraction of sp³-hybridized carbons (Fsp3) is 0.353. The summed E-state index contributed by atoms with van der Waals surface area (Å²) in [6.07, 6.45) is 1.45. The van der Waals surface area contributed by atoms with Gasteiger partial charge in [-0.1, -0.05) is 19.1 Å². The van der Waals surface area contributed by atoms with Crippen LogP contribution in [0.5, 0.6) is 0 Å². The van der Waals surface area contributed by atoms with Gasteiger partial charge in [-0.05, 0) is 18.7 Å². The number of pyridine rings is 1. The molecule has 1 fully saturated rings. The first-order chi connectivity index (χ1) is 12.1. The predicted molar refractivity (Wildman–Crippen MR) is 96.1 cm³/mol. The summed E-state index contributed by atoms with van der Waals surface area (Å²) in [6.45, 7) is 7.45. The Morgan fingerprint density at radius 3 is 2.44 bits per heavy atom. The van der Waals surface area contributed by atoms with E-state index >= 15 is 0 Å². The number of hydrogen-bond acceptors (Lipinski definition) is 7. The SMILES string of the molecule is CCN1CCOCC1.N#Cc1c(N)[nH]c(=S)c(C#N)c1-c1ccco1. The second kappa shape index (κ2) is 9.00. The zero-order valence-electron chi connectivity index (χ0n) is 13.9. The van der Waals surface area contributed by atoms with Gasteiger partial charge in [-0.15, -0.1) is 0 Å². The number of aromatic nitrogens is 1. The Labute approximate surface area is 151 Å². The van der Waals surface area contributed by atoms with Crippen molar-refractivity contribution in [3.63, 3.8) is 0 Å². The number of anilines is 1. The standard InChI is InChI=1S/C11H6N4OS.C6H13NO/c12-4-6-9(8-2-1-3-16-8)7(5-13)11(17)15-10(6)14;1-2-7-3-5-8-6-4-7/h1-3H,(H3,14,15,17);2-6H2,1H3. The first kappa shape index (κ1) is 18.7. The monoisotopic (exact) mass is 357 g/mol. The van der Waals surface area contributed by atoms with Gasteiger partial charge < -0.3 is 19.9 Å². The Hall–Kier alpha value is -2.65. The van der Waals surface area contributed by atoms with Gasteiger partial charge in [0.05, 0.1) is 30.6 Å². The Morgan fingerprint density at radius 2 is 1.96 bits per heavy atom. The summed E-state index contributed by atoms with van der Waals surface area (Å²) in [7, 11) is 0. The number of rotatable bonds is 2. The molecule has 2 aromatic heterocycles. The van der Waals surface area contributed by atoms with E-state index in [4.69, 9.17) is 37.6 Å². The van der Waals surface area contributed by atoms with Gasteiger partial charge in [0.15, 0.2) is 0 Å². The second-order valence-electron chi connectivity index (χ2n) is 5.24. The molecule has 3 N–H and O–H groups in total. The van der Waals surface area contributed by atoms with E-state index in [0.717, 1.165) is 26.3 Å². The minimum atomic E-state index is 0.128. The van der Waals surface area contributed by atoms with Crippen molar-refractivity contribution in [1.29, 1.82) is 10.5 Å². The lowest BCUT2D eigenvalue weighted by Gasteiger charge is -2.24. The third-order valence-corrected chi connectivity index (χ3v) is 4.09. The van der Waals surface area contributed by atoms with Crippen LogP contribution in [0.4, 0.5) is 5.82 Å². The maximum atomic E-state index is 9.08. The first-order valence-electron chi connectivity index (χ1n) is 7.82. The Kier molecular flexibility index (Phi) is 6.72. The predicted octanol–water partition coefficient (Wildman–Crippen LogP) is 2.67. The number of nitriles is 2. The van der Waals surface area contributed by atoms with Crippen LogP contribution in [0, 0.1) is 27.3 Å². The van der Waals surface area contributed by atoms with Crippen LogP contribution in [0.15, 0.2) is 22.8 Å². The summed E-state index contributed by atoms with van der Waals surface area (Å²) < 4.78 is 10.5. The molecule has 0 bridgehead atoms. The number of ether oxygens (including phenoxy) is 1. The lowest BCUT2D eigenvalue weighted by atomic mass is 10.0. The van der Waals surface area contributed by atoms with Crippen LogP contribution < -0.4 is 5.73 Å². The normalized spacial score (nSPS) is 14.0. The number of likely N-dealkylation sites (N-methyl/N-ethyl adjacent to an activating group) is 1. The van der Waals surface area contributed by atoms with Crippen LogP contribution in [0.25, 0.3) is 11.3 Å². The minimum Gasteiger partial charge on any atom is -0.464 e. The lowest BCUT2D eigenvalue weighted by Crippen LogP contribution is -2.35.